The molecule has 1 N–H and O–H groups in total. The van der Waals surface area contributed by atoms with E-state index >= 15 is 0 Å². The van der Waals surface area contributed by atoms with Gasteiger partial charge in [-0.15, -0.1) is 0 Å². The zero-order valence-electron chi connectivity index (χ0n) is 4.50. The van der Waals surface area contributed by atoms with E-state index in [1.807, 2.05) is 0 Å². The lowest BCUT2D eigenvalue weighted by molar-refractivity contribution is 0.279. The molecular weight excluding hydrogens is 127 g/mol. The third-order valence-electron chi connectivity index (χ3n) is 0.640. The Bertz CT molecular complexity index is 151. The van der Waals surface area contributed by atoms with Crippen molar-refractivity contribution in [3.8, 4) is 0 Å². The summed E-state index contributed by atoms with van der Waals surface area (Å²) in [6, 6.07) is 0. The molecule has 0 aromatic carbocycles. The van der Waals surface area contributed by atoms with Crippen LogP contribution < -0.4 is 0 Å². The van der Waals surface area contributed by atoms with Crippen LogP contribution in [0.15, 0.2) is 12.2 Å². The van der Waals surface area contributed by atoms with Crippen LogP contribution >= 0.6 is 7.68 Å². The number of aliphatic hydroxyl groups excluding tert-OH is 1. The Morgan fingerprint density at radius 2 is 2.12 bits per heavy atom. The van der Waals surface area contributed by atoms with Gasteiger partial charge in [0.05, 0.1) is 0 Å². The second-order valence-corrected chi connectivity index (χ2v) is 2.57. The highest BCUT2D eigenvalue weighted by Crippen LogP contribution is 2.16. The molecule has 0 fully saturated rings. The van der Waals surface area contributed by atoms with Gasteiger partial charge in [0, 0.05) is 0 Å². The molecule has 0 aliphatic carbocycles. The molecular formula is C4H7O3P. The molecule has 4 heteroatoms. The zero-order chi connectivity index (χ0) is 6.73. The van der Waals surface area contributed by atoms with E-state index in [0.29, 0.717) is 0 Å². The van der Waals surface area contributed by atoms with E-state index in [-0.39, 0.29) is 5.57 Å². The van der Waals surface area contributed by atoms with Crippen LogP contribution in [-0.2, 0) is 9.13 Å². The van der Waals surface area contributed by atoms with Gasteiger partial charge in [-0.2, -0.15) is 0 Å². The molecule has 0 saturated heterocycles. The van der Waals surface area contributed by atoms with Crippen LogP contribution in [0.4, 0.5) is 0 Å². The number of aliphatic hydroxyl groups is 1. The molecule has 0 aromatic rings. The molecule has 0 spiro atoms. The zero-order valence-corrected chi connectivity index (χ0v) is 5.39. The molecule has 0 aliphatic heterocycles. The quantitative estimate of drug-likeness (QED) is 0.453. The highest BCUT2D eigenvalue weighted by Gasteiger charge is 2.08. The summed E-state index contributed by atoms with van der Waals surface area (Å²) in [6.45, 7) is 4.70. The van der Waals surface area contributed by atoms with E-state index < -0.39 is 13.5 Å². The van der Waals surface area contributed by atoms with Crippen molar-refractivity contribution in [1.29, 1.82) is 0 Å². The summed E-state index contributed by atoms with van der Waals surface area (Å²) in [5.74, 6) is -1.37. The van der Waals surface area contributed by atoms with Gasteiger partial charge in [0.15, 0.2) is 5.85 Å². The van der Waals surface area contributed by atoms with Gasteiger partial charge in [-0.1, -0.05) is 6.58 Å². The number of rotatable bonds is 2. The topological polar surface area (TPSA) is 54.4 Å². The van der Waals surface area contributed by atoms with Crippen molar-refractivity contribution < 1.29 is 14.2 Å². The third-order valence-corrected chi connectivity index (χ3v) is 1.48. The summed E-state index contributed by atoms with van der Waals surface area (Å²) in [4.78, 5) is 0. The molecule has 0 heterocycles. The Hall–Kier alpha value is -0.400. The normalized spacial score (nSPS) is 12.8. The maximum Gasteiger partial charge on any atom is 0.349 e. The smallest absolute Gasteiger partial charge is 0.349 e. The minimum Gasteiger partial charge on any atom is -0.374 e. The van der Waals surface area contributed by atoms with Gasteiger partial charge >= 0.3 is 7.68 Å². The number of hydrogen-bond acceptors (Lipinski definition) is 3. The highest BCUT2D eigenvalue weighted by molar-refractivity contribution is 7.31. The van der Waals surface area contributed by atoms with E-state index in [1.165, 1.54) is 6.92 Å². The van der Waals surface area contributed by atoms with Crippen LogP contribution in [0.5, 0.6) is 0 Å². The van der Waals surface area contributed by atoms with E-state index in [9.17, 15) is 9.13 Å². The summed E-state index contributed by atoms with van der Waals surface area (Å²) in [5.41, 5.74) is 0.251. The van der Waals surface area contributed by atoms with Gasteiger partial charge in [0.1, 0.15) is 0 Å². The van der Waals surface area contributed by atoms with Crippen LogP contribution in [0.2, 0.25) is 0 Å². The highest BCUT2D eigenvalue weighted by atomic mass is 31.1. The Kier molecular flexibility index (Phi) is 2.66. The molecule has 1 atom stereocenters. The molecule has 0 amide bonds. The molecule has 1 unspecified atom stereocenters. The first kappa shape index (κ1) is 7.60. The van der Waals surface area contributed by atoms with E-state index in [4.69, 9.17) is 5.11 Å². The van der Waals surface area contributed by atoms with E-state index in [0.717, 1.165) is 0 Å². The fourth-order valence-electron chi connectivity index (χ4n) is 0.180. The first-order valence-corrected chi connectivity index (χ1v) is 3.27. The molecule has 3 nitrogen and oxygen atoms in total. The molecule has 0 saturated carbocycles. The lowest BCUT2D eigenvalue weighted by Gasteiger charge is -1.94. The lowest BCUT2D eigenvalue weighted by Crippen LogP contribution is -1.96. The fourth-order valence-corrected chi connectivity index (χ4v) is 0.540. The minimum absolute atomic E-state index is 0.251. The van der Waals surface area contributed by atoms with Gasteiger partial charge in [0.25, 0.3) is 0 Å². The summed E-state index contributed by atoms with van der Waals surface area (Å²) >= 11 is 0. The minimum atomic E-state index is -2.75. The number of hydrogen-bond donors (Lipinski definition) is 1. The van der Waals surface area contributed by atoms with E-state index in [2.05, 4.69) is 6.58 Å². The van der Waals surface area contributed by atoms with Crippen LogP contribution in [0, 0.1) is 0 Å². The monoisotopic (exact) mass is 134 g/mol. The predicted octanol–water partition coefficient (Wildman–Crippen LogP) is 1.05. The van der Waals surface area contributed by atoms with Gasteiger partial charge in [0.2, 0.25) is 0 Å². The van der Waals surface area contributed by atoms with Crippen molar-refractivity contribution in [2.24, 2.45) is 0 Å². The maximum atomic E-state index is 9.87. The first-order valence-electron chi connectivity index (χ1n) is 2.02. The Morgan fingerprint density at radius 3 is 2.12 bits per heavy atom. The SMILES string of the molecule is C=C(C)C(O)P(=O)=O. The summed E-state index contributed by atoms with van der Waals surface area (Å²) in [7, 11) is -2.75. The van der Waals surface area contributed by atoms with Crippen LogP contribution in [-0.4, -0.2) is 11.0 Å². The molecule has 8 heavy (non-hydrogen) atoms. The first-order chi connectivity index (χ1) is 3.55. The lowest BCUT2D eigenvalue weighted by atomic mass is 10.4. The molecule has 0 rings (SSSR count). The predicted molar refractivity (Wildman–Crippen MR) is 29.1 cm³/mol. The van der Waals surface area contributed by atoms with Gasteiger partial charge < -0.3 is 5.11 Å². The maximum absolute atomic E-state index is 9.87. The van der Waals surface area contributed by atoms with Crippen molar-refractivity contribution >= 4 is 7.68 Å². The molecule has 46 valence electrons. The van der Waals surface area contributed by atoms with Crippen LogP contribution in [0.25, 0.3) is 0 Å². The third kappa shape index (κ3) is 2.05. The van der Waals surface area contributed by atoms with Crippen molar-refractivity contribution in [3.63, 3.8) is 0 Å². The van der Waals surface area contributed by atoms with Crippen molar-refractivity contribution in [1.82, 2.24) is 0 Å². The van der Waals surface area contributed by atoms with Crippen molar-refractivity contribution in [2.45, 2.75) is 12.8 Å². The Labute approximate surface area is 47.8 Å². The van der Waals surface area contributed by atoms with E-state index in [1.54, 1.807) is 0 Å². The Balaban J connectivity index is 4.04. The second kappa shape index (κ2) is 2.80. The van der Waals surface area contributed by atoms with Crippen LogP contribution in [0.1, 0.15) is 6.92 Å². The molecule has 0 radical (unpaired) electrons. The van der Waals surface area contributed by atoms with Crippen molar-refractivity contribution in [2.75, 3.05) is 0 Å². The summed E-state index contributed by atoms with van der Waals surface area (Å²) in [6.07, 6.45) is 0. The van der Waals surface area contributed by atoms with Gasteiger partial charge in [-0.3, -0.25) is 0 Å². The average Bonchev–Trinajstić information content (AvgIpc) is 1.64. The molecule has 0 aromatic heterocycles. The van der Waals surface area contributed by atoms with Gasteiger partial charge in [-0.05, 0) is 12.5 Å². The van der Waals surface area contributed by atoms with Gasteiger partial charge in [-0.25, -0.2) is 9.13 Å². The summed E-state index contributed by atoms with van der Waals surface area (Å²) in [5, 5.41) is 8.51. The average molecular weight is 134 g/mol. The standard InChI is InChI=1S/C4H7O3P/c1-3(2)4(5)8(6)7/h4-5H,1H2,2H3. The van der Waals surface area contributed by atoms with Crippen molar-refractivity contribution in [3.05, 3.63) is 12.2 Å². The molecule has 0 bridgehead atoms. The molecule has 0 aliphatic rings. The summed E-state index contributed by atoms with van der Waals surface area (Å²) < 4.78 is 19.7. The second-order valence-electron chi connectivity index (χ2n) is 1.51. The largest absolute Gasteiger partial charge is 0.374 e. The van der Waals surface area contributed by atoms with Crippen LogP contribution in [0.3, 0.4) is 0 Å². The Morgan fingerprint density at radius 1 is 1.75 bits per heavy atom. The fraction of sp³-hybridized carbons (Fsp3) is 0.500.